The van der Waals surface area contributed by atoms with E-state index in [4.69, 9.17) is 5.02 Å². The minimum atomic E-state index is -0.301. The van der Waals surface area contributed by atoms with Gasteiger partial charge in [-0.3, -0.25) is 0 Å². The van der Waals surface area contributed by atoms with E-state index in [1.807, 2.05) is 18.8 Å². The van der Waals surface area contributed by atoms with Gasteiger partial charge in [-0.1, -0.05) is 6.92 Å². The lowest BCUT2D eigenvalue weighted by molar-refractivity contribution is 0.434. The van der Waals surface area contributed by atoms with Gasteiger partial charge in [0, 0.05) is 0 Å². The molecule has 0 saturated heterocycles. The molecule has 0 aromatic heterocycles. The number of hydrogen-bond donors (Lipinski definition) is 1. The van der Waals surface area contributed by atoms with E-state index in [2.05, 4.69) is 0 Å². The highest BCUT2D eigenvalue weighted by atomic mass is 16.2. The number of rotatable bonds is 2. The van der Waals surface area contributed by atoms with Gasteiger partial charge in [-0.25, -0.2) is 0 Å². The lowest BCUT2D eigenvalue weighted by Gasteiger charge is -2.12. The Morgan fingerprint density at radius 2 is 2.14 bits per heavy atom. The SMILES string of the molecule is CCN(C)B(C)O. The van der Waals surface area contributed by atoms with Crippen molar-refractivity contribution in [1.82, 2.24) is 4.81 Å². The molecule has 0 aromatic rings. The smallest absolute Gasteiger partial charge is 0.376 e. The molecule has 0 saturated carbocycles. The van der Waals surface area contributed by atoms with Crippen LogP contribution >= 0.6 is 0 Å². The quantitative estimate of drug-likeness (QED) is 0.496. The van der Waals surface area contributed by atoms with Gasteiger partial charge in [0.15, 0.2) is 0 Å². The first-order chi connectivity index (χ1) is 3.18. The van der Waals surface area contributed by atoms with E-state index in [1.54, 1.807) is 6.82 Å². The summed E-state index contributed by atoms with van der Waals surface area (Å²) in [7, 11) is 1.58. The molecule has 0 spiro atoms. The van der Waals surface area contributed by atoms with Gasteiger partial charge >= 0.3 is 7.05 Å². The molecule has 0 rings (SSSR count). The first-order valence-electron chi connectivity index (χ1n) is 2.56. The van der Waals surface area contributed by atoms with Crippen molar-refractivity contribution < 1.29 is 5.02 Å². The van der Waals surface area contributed by atoms with Crippen molar-refractivity contribution in [3.8, 4) is 0 Å². The highest BCUT2D eigenvalue weighted by Crippen LogP contribution is 1.81. The summed E-state index contributed by atoms with van der Waals surface area (Å²) in [5, 5.41) is 8.75. The highest BCUT2D eigenvalue weighted by Gasteiger charge is 2.05. The fourth-order valence-electron chi connectivity index (χ4n) is 0.264. The highest BCUT2D eigenvalue weighted by molar-refractivity contribution is 6.45. The first kappa shape index (κ1) is 6.98. The summed E-state index contributed by atoms with van der Waals surface area (Å²) in [5.41, 5.74) is 0. The zero-order valence-electron chi connectivity index (χ0n) is 5.18. The van der Waals surface area contributed by atoms with Crippen LogP contribution in [0.25, 0.3) is 0 Å². The average molecular weight is 101 g/mol. The van der Waals surface area contributed by atoms with Gasteiger partial charge in [-0.2, -0.15) is 0 Å². The lowest BCUT2D eigenvalue weighted by atomic mass is 9.86. The third-order valence-electron chi connectivity index (χ3n) is 1.14. The zero-order chi connectivity index (χ0) is 5.86. The molecule has 0 fully saturated rings. The molecule has 1 N–H and O–H groups in total. The van der Waals surface area contributed by atoms with Gasteiger partial charge in [0.2, 0.25) is 0 Å². The van der Waals surface area contributed by atoms with Crippen LogP contribution in [0.15, 0.2) is 0 Å². The largest absolute Gasteiger partial charge is 0.437 e. The Kier molecular flexibility index (Phi) is 3.04. The summed E-state index contributed by atoms with van der Waals surface area (Å²) in [5.74, 6) is 0. The van der Waals surface area contributed by atoms with Crippen molar-refractivity contribution >= 4 is 7.05 Å². The lowest BCUT2D eigenvalue weighted by Crippen LogP contribution is -2.32. The first-order valence-corrected chi connectivity index (χ1v) is 2.56. The van der Waals surface area contributed by atoms with Crippen LogP contribution in [-0.4, -0.2) is 30.5 Å². The van der Waals surface area contributed by atoms with Crippen molar-refractivity contribution in [2.24, 2.45) is 0 Å². The van der Waals surface area contributed by atoms with Crippen molar-refractivity contribution in [3.05, 3.63) is 0 Å². The molecule has 3 heteroatoms. The Hall–Kier alpha value is -0.0151. The molecule has 0 radical (unpaired) electrons. The minimum absolute atomic E-state index is 0.301. The Bertz CT molecular complexity index is 49.0. The predicted octanol–water partition coefficient (Wildman–Crippen LogP) is 0.0484. The summed E-state index contributed by atoms with van der Waals surface area (Å²) in [6.07, 6.45) is 0. The topological polar surface area (TPSA) is 23.5 Å². The van der Waals surface area contributed by atoms with E-state index in [-0.39, 0.29) is 7.05 Å². The van der Waals surface area contributed by atoms with Crippen LogP contribution in [0.3, 0.4) is 0 Å². The van der Waals surface area contributed by atoms with Crippen molar-refractivity contribution in [1.29, 1.82) is 0 Å². The maximum Gasteiger partial charge on any atom is 0.376 e. The molecule has 0 bridgehead atoms. The molecular weight excluding hydrogens is 88.9 g/mol. The summed E-state index contributed by atoms with van der Waals surface area (Å²) in [4.78, 5) is 1.85. The monoisotopic (exact) mass is 101 g/mol. The van der Waals surface area contributed by atoms with E-state index in [0.717, 1.165) is 6.54 Å². The Labute approximate surface area is 45.3 Å². The van der Waals surface area contributed by atoms with Crippen LogP contribution in [0.4, 0.5) is 0 Å². The van der Waals surface area contributed by atoms with Gasteiger partial charge in [0.25, 0.3) is 0 Å². The molecule has 0 unspecified atom stereocenters. The summed E-state index contributed by atoms with van der Waals surface area (Å²) >= 11 is 0. The normalized spacial score (nSPS) is 9.86. The third kappa shape index (κ3) is 2.65. The molecule has 7 heavy (non-hydrogen) atoms. The van der Waals surface area contributed by atoms with Crippen LogP contribution in [0, 0.1) is 0 Å². The van der Waals surface area contributed by atoms with Crippen molar-refractivity contribution in [2.45, 2.75) is 13.7 Å². The van der Waals surface area contributed by atoms with Crippen molar-refractivity contribution in [3.63, 3.8) is 0 Å². The second-order valence-electron chi connectivity index (χ2n) is 1.71. The minimum Gasteiger partial charge on any atom is -0.437 e. The maximum absolute atomic E-state index is 8.75. The summed E-state index contributed by atoms with van der Waals surface area (Å²) < 4.78 is 0. The average Bonchev–Trinajstić information content (AvgIpc) is 1.65. The number of nitrogens with zero attached hydrogens (tertiary/aromatic N) is 1. The van der Waals surface area contributed by atoms with Gasteiger partial charge < -0.3 is 9.83 Å². The molecule has 0 heterocycles. The molecule has 42 valence electrons. The fourth-order valence-corrected chi connectivity index (χ4v) is 0.264. The van der Waals surface area contributed by atoms with Gasteiger partial charge in [0.1, 0.15) is 0 Å². The number of hydrogen-bond acceptors (Lipinski definition) is 2. The van der Waals surface area contributed by atoms with E-state index in [0.29, 0.717) is 0 Å². The summed E-state index contributed by atoms with van der Waals surface area (Å²) in [6.45, 7) is 4.66. The Morgan fingerprint density at radius 3 is 2.14 bits per heavy atom. The predicted molar refractivity (Wildman–Crippen MR) is 32.1 cm³/mol. The Morgan fingerprint density at radius 1 is 1.71 bits per heavy atom. The van der Waals surface area contributed by atoms with Crippen LogP contribution in [0.5, 0.6) is 0 Å². The van der Waals surface area contributed by atoms with Crippen LogP contribution in [0.2, 0.25) is 6.82 Å². The third-order valence-corrected chi connectivity index (χ3v) is 1.14. The fraction of sp³-hybridized carbons (Fsp3) is 1.00. The standard InChI is InChI=1S/C4H12BNO/c1-4-6(3)5(2)7/h7H,4H2,1-3H3. The van der Waals surface area contributed by atoms with Gasteiger partial charge in [-0.05, 0) is 20.4 Å². The van der Waals surface area contributed by atoms with Gasteiger partial charge in [-0.15, -0.1) is 0 Å². The Balaban J connectivity index is 3.14. The van der Waals surface area contributed by atoms with Crippen molar-refractivity contribution in [2.75, 3.05) is 13.6 Å². The second kappa shape index (κ2) is 3.05. The van der Waals surface area contributed by atoms with E-state index in [1.165, 1.54) is 0 Å². The molecular formula is C4H12BNO. The molecule has 0 aliphatic rings. The van der Waals surface area contributed by atoms with Crippen LogP contribution in [-0.2, 0) is 0 Å². The van der Waals surface area contributed by atoms with E-state index in [9.17, 15) is 0 Å². The van der Waals surface area contributed by atoms with Gasteiger partial charge in [0.05, 0.1) is 0 Å². The van der Waals surface area contributed by atoms with Crippen LogP contribution < -0.4 is 0 Å². The van der Waals surface area contributed by atoms with Crippen LogP contribution in [0.1, 0.15) is 6.92 Å². The van der Waals surface area contributed by atoms with E-state index < -0.39 is 0 Å². The molecule has 0 aromatic carbocycles. The summed E-state index contributed by atoms with van der Waals surface area (Å²) in [6, 6.07) is 0. The molecule has 0 aliphatic carbocycles. The second-order valence-corrected chi connectivity index (χ2v) is 1.71. The molecule has 0 aliphatic heterocycles. The molecule has 0 amide bonds. The molecule has 2 nitrogen and oxygen atoms in total. The molecule has 0 atom stereocenters. The maximum atomic E-state index is 8.75. The van der Waals surface area contributed by atoms with E-state index >= 15 is 0 Å². The zero-order valence-corrected chi connectivity index (χ0v) is 5.18.